The zero-order valence-corrected chi connectivity index (χ0v) is 15.6. The van der Waals surface area contributed by atoms with Gasteiger partial charge in [-0.05, 0) is 35.9 Å². The lowest BCUT2D eigenvalue weighted by Crippen LogP contribution is -2.43. The van der Waals surface area contributed by atoms with Crippen molar-refractivity contribution in [2.45, 2.75) is 6.04 Å². The van der Waals surface area contributed by atoms with E-state index < -0.39 is 5.97 Å². The molecule has 4 rings (SSSR count). The van der Waals surface area contributed by atoms with Gasteiger partial charge in [-0.15, -0.1) is 0 Å². The third-order valence-electron chi connectivity index (χ3n) is 4.55. The van der Waals surface area contributed by atoms with E-state index in [0.717, 1.165) is 5.56 Å². The number of hydrogen-bond acceptors (Lipinski definition) is 5. The van der Waals surface area contributed by atoms with Gasteiger partial charge in [-0.3, -0.25) is 9.69 Å². The molecule has 6 nitrogen and oxygen atoms in total. The van der Waals surface area contributed by atoms with Crippen LogP contribution in [0.1, 0.15) is 17.4 Å². The minimum Gasteiger partial charge on any atom is -0.489 e. The van der Waals surface area contributed by atoms with Gasteiger partial charge in [-0.1, -0.05) is 42.5 Å². The lowest BCUT2D eigenvalue weighted by atomic mass is 10.0. The second-order valence-electron chi connectivity index (χ2n) is 6.43. The number of rotatable bonds is 5. The van der Waals surface area contributed by atoms with E-state index in [2.05, 4.69) is 0 Å². The summed E-state index contributed by atoms with van der Waals surface area (Å²) in [7, 11) is 0. The molecule has 1 atom stereocenters. The SMILES string of the molecule is O=C(/C=C\c1ccco1)OCC(=O)N1c2ccccc2OC[C@@H]1c1ccccc1. The summed E-state index contributed by atoms with van der Waals surface area (Å²) in [5.41, 5.74) is 1.60. The smallest absolute Gasteiger partial charge is 0.331 e. The number of fused-ring (bicyclic) bond motifs is 1. The Kier molecular flexibility index (Phi) is 5.42. The van der Waals surface area contributed by atoms with Crippen molar-refractivity contribution in [3.05, 3.63) is 90.4 Å². The van der Waals surface area contributed by atoms with Crippen LogP contribution in [-0.2, 0) is 14.3 Å². The van der Waals surface area contributed by atoms with Crippen LogP contribution < -0.4 is 9.64 Å². The quantitative estimate of drug-likeness (QED) is 0.487. The van der Waals surface area contributed by atoms with Gasteiger partial charge in [0.25, 0.3) is 5.91 Å². The first kappa shape index (κ1) is 18.6. The van der Waals surface area contributed by atoms with Crippen molar-refractivity contribution in [3.8, 4) is 5.75 Å². The van der Waals surface area contributed by atoms with Gasteiger partial charge in [0.2, 0.25) is 0 Å². The van der Waals surface area contributed by atoms with E-state index in [0.29, 0.717) is 23.8 Å². The third-order valence-corrected chi connectivity index (χ3v) is 4.55. The normalized spacial score (nSPS) is 15.6. The topological polar surface area (TPSA) is 69.0 Å². The Morgan fingerprint density at radius 3 is 2.62 bits per heavy atom. The van der Waals surface area contributed by atoms with E-state index in [-0.39, 0.29) is 18.6 Å². The maximum atomic E-state index is 13.0. The summed E-state index contributed by atoms with van der Waals surface area (Å²) in [5.74, 6) is 0.207. The van der Waals surface area contributed by atoms with Gasteiger partial charge in [0.15, 0.2) is 6.61 Å². The van der Waals surface area contributed by atoms with E-state index in [9.17, 15) is 9.59 Å². The summed E-state index contributed by atoms with van der Waals surface area (Å²) in [6.07, 6.45) is 4.23. The van der Waals surface area contributed by atoms with Crippen LogP contribution in [-0.4, -0.2) is 25.1 Å². The molecule has 0 unspecified atom stereocenters. The van der Waals surface area contributed by atoms with Crippen LogP contribution in [0.15, 0.2) is 83.5 Å². The van der Waals surface area contributed by atoms with Crippen molar-refractivity contribution in [3.63, 3.8) is 0 Å². The molecule has 0 N–H and O–H groups in total. The largest absolute Gasteiger partial charge is 0.489 e. The highest BCUT2D eigenvalue weighted by Crippen LogP contribution is 2.39. The number of anilines is 1. The van der Waals surface area contributed by atoms with Crippen LogP contribution in [0.3, 0.4) is 0 Å². The van der Waals surface area contributed by atoms with Crippen molar-refractivity contribution < 1.29 is 23.5 Å². The molecule has 146 valence electrons. The zero-order chi connectivity index (χ0) is 20.1. The Balaban J connectivity index is 1.51. The van der Waals surface area contributed by atoms with Gasteiger partial charge in [0.1, 0.15) is 18.1 Å². The fraction of sp³-hybridized carbons (Fsp3) is 0.130. The number of nitrogens with zero attached hydrogens (tertiary/aromatic N) is 1. The number of carbonyl (C=O) groups excluding carboxylic acids is 2. The van der Waals surface area contributed by atoms with Gasteiger partial charge in [-0.25, -0.2) is 4.79 Å². The van der Waals surface area contributed by atoms with Gasteiger partial charge < -0.3 is 13.9 Å². The first-order valence-electron chi connectivity index (χ1n) is 9.19. The van der Waals surface area contributed by atoms with Crippen molar-refractivity contribution in [2.75, 3.05) is 18.1 Å². The highest BCUT2D eigenvalue weighted by atomic mass is 16.5. The number of hydrogen-bond donors (Lipinski definition) is 0. The van der Waals surface area contributed by atoms with E-state index in [1.54, 1.807) is 17.0 Å². The number of furan rings is 1. The zero-order valence-electron chi connectivity index (χ0n) is 15.6. The van der Waals surface area contributed by atoms with E-state index in [4.69, 9.17) is 13.9 Å². The number of carbonyl (C=O) groups is 2. The summed E-state index contributed by atoms with van der Waals surface area (Å²) in [6, 6.07) is 20.1. The number of amides is 1. The lowest BCUT2D eigenvalue weighted by molar-refractivity contribution is -0.143. The van der Waals surface area contributed by atoms with E-state index in [1.807, 2.05) is 54.6 Å². The summed E-state index contributed by atoms with van der Waals surface area (Å²) in [4.78, 5) is 26.6. The van der Waals surface area contributed by atoms with Crippen molar-refractivity contribution >= 4 is 23.6 Å². The van der Waals surface area contributed by atoms with Crippen molar-refractivity contribution in [1.82, 2.24) is 0 Å². The third kappa shape index (κ3) is 4.21. The van der Waals surface area contributed by atoms with Gasteiger partial charge in [0.05, 0.1) is 18.0 Å². The van der Waals surface area contributed by atoms with Crippen molar-refractivity contribution in [1.29, 1.82) is 0 Å². The summed E-state index contributed by atoms with van der Waals surface area (Å²) < 4.78 is 16.1. The second-order valence-corrected chi connectivity index (χ2v) is 6.43. The summed E-state index contributed by atoms with van der Waals surface area (Å²) in [5, 5.41) is 0. The fourth-order valence-electron chi connectivity index (χ4n) is 3.20. The molecule has 2 aromatic carbocycles. The minimum atomic E-state index is -0.618. The number of benzene rings is 2. The molecule has 29 heavy (non-hydrogen) atoms. The highest BCUT2D eigenvalue weighted by Gasteiger charge is 2.33. The molecule has 0 saturated heterocycles. The Morgan fingerprint density at radius 2 is 1.83 bits per heavy atom. The van der Waals surface area contributed by atoms with Crippen molar-refractivity contribution in [2.24, 2.45) is 0 Å². The first-order valence-corrected chi connectivity index (χ1v) is 9.19. The predicted octanol–water partition coefficient (Wildman–Crippen LogP) is 4.00. The average molecular weight is 389 g/mol. The molecule has 0 aliphatic carbocycles. The fourth-order valence-corrected chi connectivity index (χ4v) is 3.20. The molecule has 1 amide bonds. The molecule has 3 aromatic rings. The molecule has 0 fully saturated rings. The van der Waals surface area contributed by atoms with Crippen LogP contribution in [0.25, 0.3) is 6.08 Å². The Hall–Kier alpha value is -3.80. The molecular weight excluding hydrogens is 370 g/mol. The molecule has 2 heterocycles. The Labute approximate surface area is 168 Å². The number of para-hydroxylation sites is 2. The Morgan fingerprint density at radius 1 is 1.03 bits per heavy atom. The molecule has 0 spiro atoms. The van der Waals surface area contributed by atoms with Crippen LogP contribution in [0.5, 0.6) is 5.75 Å². The standard InChI is InChI=1S/C23H19NO5/c25-22(16-29-23(26)13-12-18-9-6-14-27-18)24-19-10-4-5-11-21(19)28-15-20(24)17-7-2-1-3-8-17/h1-14,20H,15-16H2/b13-12-/t20-/m1/s1. The molecule has 0 saturated carbocycles. The molecule has 6 heteroatoms. The maximum Gasteiger partial charge on any atom is 0.331 e. The lowest BCUT2D eigenvalue weighted by Gasteiger charge is -2.37. The maximum absolute atomic E-state index is 13.0. The molecule has 1 aliphatic heterocycles. The van der Waals surface area contributed by atoms with E-state index >= 15 is 0 Å². The van der Waals surface area contributed by atoms with Crippen LogP contribution in [0.4, 0.5) is 5.69 Å². The first-order chi connectivity index (χ1) is 14.2. The average Bonchev–Trinajstić information content (AvgIpc) is 3.29. The van der Waals surface area contributed by atoms with E-state index in [1.165, 1.54) is 18.4 Å². The van der Waals surface area contributed by atoms with Gasteiger partial charge in [0, 0.05) is 6.08 Å². The van der Waals surface area contributed by atoms with Gasteiger partial charge in [-0.2, -0.15) is 0 Å². The van der Waals surface area contributed by atoms with Gasteiger partial charge >= 0.3 is 5.97 Å². The summed E-state index contributed by atoms with van der Waals surface area (Å²) >= 11 is 0. The molecule has 1 aliphatic rings. The van der Waals surface area contributed by atoms with Crippen LogP contribution in [0, 0.1) is 0 Å². The number of ether oxygens (including phenoxy) is 2. The van der Waals surface area contributed by atoms with Crippen LogP contribution in [0.2, 0.25) is 0 Å². The number of esters is 1. The highest BCUT2D eigenvalue weighted by molar-refractivity contribution is 5.98. The Bertz CT molecular complexity index is 1010. The molecule has 0 radical (unpaired) electrons. The summed E-state index contributed by atoms with van der Waals surface area (Å²) in [6.45, 7) is -0.0574. The minimum absolute atomic E-state index is 0.309. The molecule has 0 bridgehead atoms. The monoisotopic (exact) mass is 389 g/mol. The second kappa shape index (κ2) is 8.48. The predicted molar refractivity (Wildman–Crippen MR) is 107 cm³/mol. The molecule has 1 aromatic heterocycles. The molecular formula is C23H19NO5. The van der Waals surface area contributed by atoms with Crippen LogP contribution >= 0.6 is 0 Å².